The molecule has 0 spiro atoms. The maximum Gasteiger partial charge on any atom is 0.0815 e. The molecule has 1 N–H and O–H groups in total. The summed E-state index contributed by atoms with van der Waals surface area (Å²) in [5.74, 6) is 0. The van der Waals surface area contributed by atoms with Crippen LogP contribution in [0.3, 0.4) is 0 Å². The number of aliphatic imine (C=N–C) groups is 1. The summed E-state index contributed by atoms with van der Waals surface area (Å²) in [6.45, 7) is 7.09. The van der Waals surface area contributed by atoms with Crippen molar-refractivity contribution in [2.24, 2.45) is 4.99 Å². The van der Waals surface area contributed by atoms with Crippen LogP contribution in [0.2, 0.25) is 0 Å². The molecule has 0 bridgehead atoms. The molecule has 0 radical (unpaired) electrons. The molecule has 12 heavy (non-hydrogen) atoms. The lowest BCUT2D eigenvalue weighted by molar-refractivity contribution is 0.821. The van der Waals surface area contributed by atoms with Gasteiger partial charge in [-0.15, -0.1) is 0 Å². The average molecular weight is 164 g/mol. The van der Waals surface area contributed by atoms with E-state index in [1.54, 1.807) is 0 Å². The lowest BCUT2D eigenvalue weighted by Crippen LogP contribution is -2.25. The highest BCUT2D eigenvalue weighted by molar-refractivity contribution is 5.86. The van der Waals surface area contributed by atoms with E-state index in [1.807, 2.05) is 19.9 Å². The Labute approximate surface area is 74.1 Å². The molecule has 0 unspecified atom stereocenters. The summed E-state index contributed by atoms with van der Waals surface area (Å²) in [6, 6.07) is 0. The van der Waals surface area contributed by atoms with Gasteiger partial charge in [-0.2, -0.15) is 0 Å². The molecule has 2 nitrogen and oxygen atoms in total. The van der Waals surface area contributed by atoms with Crippen LogP contribution < -0.4 is 5.32 Å². The first-order valence-electron chi connectivity index (χ1n) is 4.41. The van der Waals surface area contributed by atoms with Gasteiger partial charge in [-0.1, -0.05) is 13.0 Å². The zero-order valence-corrected chi connectivity index (χ0v) is 8.02. The SMILES string of the molecule is C/C=C\C1=C(CC)NCC(C)=N1. The van der Waals surface area contributed by atoms with Crippen molar-refractivity contribution < 1.29 is 0 Å². The molecule has 0 saturated carbocycles. The van der Waals surface area contributed by atoms with Crippen LogP contribution in [-0.4, -0.2) is 12.3 Å². The molecule has 0 atom stereocenters. The molecule has 1 aliphatic rings. The fourth-order valence-corrected chi connectivity index (χ4v) is 1.24. The highest BCUT2D eigenvalue weighted by Crippen LogP contribution is 2.12. The number of rotatable bonds is 2. The van der Waals surface area contributed by atoms with Gasteiger partial charge in [0.1, 0.15) is 0 Å². The average Bonchev–Trinajstić information content (AvgIpc) is 2.05. The van der Waals surface area contributed by atoms with Crippen LogP contribution in [0.25, 0.3) is 0 Å². The molecule has 1 rings (SSSR count). The third-order valence-corrected chi connectivity index (χ3v) is 1.86. The summed E-state index contributed by atoms with van der Waals surface area (Å²) in [7, 11) is 0. The molecular formula is C10H16N2. The number of hydrogen-bond donors (Lipinski definition) is 1. The standard InChI is InChI=1S/C10H16N2/c1-4-6-10-9(5-2)11-7-8(3)12-10/h4,6,11H,5,7H2,1-3H3/b6-4-. The van der Waals surface area contributed by atoms with Crippen LogP contribution in [0.1, 0.15) is 27.2 Å². The zero-order valence-electron chi connectivity index (χ0n) is 8.02. The number of nitrogens with zero attached hydrogens (tertiary/aromatic N) is 1. The van der Waals surface area contributed by atoms with Crippen molar-refractivity contribution in [3.63, 3.8) is 0 Å². The summed E-state index contributed by atoms with van der Waals surface area (Å²) < 4.78 is 0. The number of allylic oxidation sites excluding steroid dienone is 3. The van der Waals surface area contributed by atoms with Crippen LogP contribution in [0.15, 0.2) is 28.5 Å². The molecule has 66 valence electrons. The van der Waals surface area contributed by atoms with Crippen LogP contribution >= 0.6 is 0 Å². The fourth-order valence-electron chi connectivity index (χ4n) is 1.24. The zero-order chi connectivity index (χ0) is 8.97. The Kier molecular flexibility index (Phi) is 3.09. The monoisotopic (exact) mass is 164 g/mol. The maximum absolute atomic E-state index is 4.47. The van der Waals surface area contributed by atoms with Gasteiger partial charge in [0.15, 0.2) is 0 Å². The van der Waals surface area contributed by atoms with Crippen molar-refractivity contribution in [1.29, 1.82) is 0 Å². The lowest BCUT2D eigenvalue weighted by atomic mass is 10.2. The van der Waals surface area contributed by atoms with Gasteiger partial charge in [0.2, 0.25) is 0 Å². The first-order valence-corrected chi connectivity index (χ1v) is 4.41. The van der Waals surface area contributed by atoms with E-state index in [1.165, 1.54) is 5.70 Å². The topological polar surface area (TPSA) is 24.4 Å². The van der Waals surface area contributed by atoms with E-state index in [-0.39, 0.29) is 0 Å². The van der Waals surface area contributed by atoms with Crippen molar-refractivity contribution in [3.05, 3.63) is 23.5 Å². The summed E-state index contributed by atoms with van der Waals surface area (Å²) in [4.78, 5) is 4.47. The number of nitrogens with one attached hydrogen (secondary N) is 1. The Balaban J connectivity index is 2.92. The highest BCUT2D eigenvalue weighted by atomic mass is 15.0. The molecule has 0 aromatic carbocycles. The van der Waals surface area contributed by atoms with Gasteiger partial charge in [-0.3, -0.25) is 4.99 Å². The van der Waals surface area contributed by atoms with Crippen LogP contribution in [-0.2, 0) is 0 Å². The van der Waals surface area contributed by atoms with E-state index >= 15 is 0 Å². The second-order valence-electron chi connectivity index (χ2n) is 2.92. The molecule has 2 heteroatoms. The van der Waals surface area contributed by atoms with E-state index in [0.29, 0.717) is 0 Å². The minimum Gasteiger partial charge on any atom is -0.381 e. The second kappa shape index (κ2) is 4.10. The molecule has 1 aliphatic heterocycles. The highest BCUT2D eigenvalue weighted by Gasteiger charge is 2.06. The summed E-state index contributed by atoms with van der Waals surface area (Å²) in [5.41, 5.74) is 3.49. The predicted octanol–water partition coefficient (Wildman–Crippen LogP) is 2.25. The first kappa shape index (κ1) is 9.04. The van der Waals surface area contributed by atoms with E-state index in [9.17, 15) is 0 Å². The Bertz CT molecular complexity index is 247. The molecular weight excluding hydrogens is 148 g/mol. The van der Waals surface area contributed by atoms with E-state index in [0.717, 1.165) is 24.4 Å². The Hall–Kier alpha value is -1.05. The van der Waals surface area contributed by atoms with E-state index in [2.05, 4.69) is 23.3 Å². The smallest absolute Gasteiger partial charge is 0.0815 e. The summed E-state index contributed by atoms with van der Waals surface area (Å²) in [6.07, 6.45) is 5.10. The van der Waals surface area contributed by atoms with E-state index < -0.39 is 0 Å². The maximum atomic E-state index is 4.47. The molecule has 0 fully saturated rings. The van der Waals surface area contributed by atoms with Crippen molar-refractivity contribution in [3.8, 4) is 0 Å². The van der Waals surface area contributed by atoms with Gasteiger partial charge in [0.05, 0.1) is 12.2 Å². The molecule has 1 heterocycles. The lowest BCUT2D eigenvalue weighted by Gasteiger charge is -2.16. The largest absolute Gasteiger partial charge is 0.381 e. The van der Waals surface area contributed by atoms with Gasteiger partial charge in [0, 0.05) is 11.4 Å². The fraction of sp³-hybridized carbons (Fsp3) is 0.500. The van der Waals surface area contributed by atoms with Gasteiger partial charge in [-0.05, 0) is 26.3 Å². The summed E-state index contributed by atoms with van der Waals surface area (Å²) in [5, 5.41) is 3.35. The second-order valence-corrected chi connectivity index (χ2v) is 2.92. The minimum atomic E-state index is 0.893. The molecule has 0 aromatic rings. The van der Waals surface area contributed by atoms with E-state index in [4.69, 9.17) is 0 Å². The Morgan fingerprint density at radius 2 is 2.33 bits per heavy atom. The Morgan fingerprint density at radius 1 is 1.58 bits per heavy atom. The van der Waals surface area contributed by atoms with Gasteiger partial charge in [0.25, 0.3) is 0 Å². The quantitative estimate of drug-likeness (QED) is 0.665. The molecule has 0 amide bonds. The van der Waals surface area contributed by atoms with Gasteiger partial charge in [-0.25, -0.2) is 0 Å². The third kappa shape index (κ3) is 1.97. The van der Waals surface area contributed by atoms with Crippen LogP contribution in [0.4, 0.5) is 0 Å². The summed E-state index contributed by atoms with van der Waals surface area (Å²) >= 11 is 0. The van der Waals surface area contributed by atoms with Gasteiger partial charge < -0.3 is 5.32 Å². The van der Waals surface area contributed by atoms with Crippen molar-refractivity contribution >= 4 is 5.71 Å². The number of hydrogen-bond acceptors (Lipinski definition) is 2. The van der Waals surface area contributed by atoms with Crippen molar-refractivity contribution in [1.82, 2.24) is 5.32 Å². The predicted molar refractivity (Wildman–Crippen MR) is 53.2 cm³/mol. The molecule has 0 saturated heterocycles. The Morgan fingerprint density at radius 3 is 2.92 bits per heavy atom. The van der Waals surface area contributed by atoms with Crippen molar-refractivity contribution in [2.75, 3.05) is 6.54 Å². The molecule has 0 aliphatic carbocycles. The van der Waals surface area contributed by atoms with Crippen molar-refractivity contribution in [2.45, 2.75) is 27.2 Å². The molecule has 0 aromatic heterocycles. The third-order valence-electron chi connectivity index (χ3n) is 1.86. The normalized spacial score (nSPS) is 18.1. The minimum absolute atomic E-state index is 0.893. The van der Waals surface area contributed by atoms with Crippen LogP contribution in [0, 0.1) is 0 Å². The first-order chi connectivity index (χ1) is 5.77. The van der Waals surface area contributed by atoms with Gasteiger partial charge >= 0.3 is 0 Å². The van der Waals surface area contributed by atoms with Crippen LogP contribution in [0.5, 0.6) is 0 Å².